The van der Waals surface area contributed by atoms with Gasteiger partial charge in [-0.25, -0.2) is 9.66 Å². The number of anilines is 1. The van der Waals surface area contributed by atoms with Crippen molar-refractivity contribution in [3.63, 3.8) is 0 Å². The van der Waals surface area contributed by atoms with Gasteiger partial charge in [0.15, 0.2) is 0 Å². The minimum absolute atomic E-state index is 0.149. The van der Waals surface area contributed by atoms with Crippen LogP contribution in [0.3, 0.4) is 0 Å². The molecule has 0 unspecified atom stereocenters. The van der Waals surface area contributed by atoms with Crippen molar-refractivity contribution < 1.29 is 23.1 Å². The molecule has 6 nitrogen and oxygen atoms in total. The number of para-hydroxylation sites is 2. The number of carboxylic acid groups (broad SMARTS) is 1. The van der Waals surface area contributed by atoms with Crippen LogP contribution >= 0.6 is 0 Å². The Morgan fingerprint density at radius 3 is 2.68 bits per heavy atom. The number of alkyl halides is 3. The molecule has 3 aromatic rings. The van der Waals surface area contributed by atoms with E-state index in [1.54, 1.807) is 13.0 Å². The number of aryl methyl sites for hydroxylation is 1. The Labute approximate surface area is 158 Å². The Balaban J connectivity index is 2.08. The van der Waals surface area contributed by atoms with Crippen LogP contribution in [-0.4, -0.2) is 40.5 Å². The van der Waals surface area contributed by atoms with Crippen LogP contribution in [0.4, 0.5) is 18.9 Å². The molecule has 3 rings (SSSR count). The number of likely N-dealkylation sites (N-methyl/N-ethyl adjacent to an activating group) is 1. The van der Waals surface area contributed by atoms with Gasteiger partial charge in [0.25, 0.3) is 0 Å². The quantitative estimate of drug-likeness (QED) is 0.674. The van der Waals surface area contributed by atoms with E-state index in [0.717, 1.165) is 12.1 Å². The Morgan fingerprint density at radius 2 is 2.00 bits per heavy atom. The fraction of sp³-hybridized carbons (Fsp3) is 0.211. The number of nitrogens with zero attached hydrogens (tertiary/aromatic N) is 4. The lowest BCUT2D eigenvalue weighted by molar-refractivity contribution is -0.138. The number of hydrogen-bond donors (Lipinski definition) is 1. The zero-order valence-corrected chi connectivity index (χ0v) is 15.1. The van der Waals surface area contributed by atoms with Crippen LogP contribution in [0, 0.1) is 6.92 Å². The van der Waals surface area contributed by atoms with Crippen molar-refractivity contribution in [2.75, 3.05) is 18.5 Å². The molecule has 0 fully saturated rings. The van der Waals surface area contributed by atoms with Crippen molar-refractivity contribution in [3.8, 4) is 0 Å². The first-order chi connectivity index (χ1) is 13.2. The topological polar surface area (TPSA) is 70.7 Å². The van der Waals surface area contributed by atoms with Crippen molar-refractivity contribution in [3.05, 3.63) is 59.4 Å². The molecular formula is C19H17F3N4O2. The van der Waals surface area contributed by atoms with Gasteiger partial charge in [0, 0.05) is 18.3 Å². The minimum atomic E-state index is -4.52. The molecule has 0 saturated heterocycles. The number of fused-ring (bicyclic) bond motifs is 1. The predicted octanol–water partition coefficient (Wildman–Crippen LogP) is 3.77. The predicted molar refractivity (Wildman–Crippen MR) is 99.8 cm³/mol. The van der Waals surface area contributed by atoms with E-state index in [0.29, 0.717) is 22.5 Å². The fourth-order valence-corrected chi connectivity index (χ4v) is 2.87. The van der Waals surface area contributed by atoms with Gasteiger partial charge in [-0.1, -0.05) is 12.1 Å². The Hall–Kier alpha value is -3.36. The van der Waals surface area contributed by atoms with Gasteiger partial charge >= 0.3 is 12.1 Å². The molecule has 0 bridgehead atoms. The summed E-state index contributed by atoms with van der Waals surface area (Å²) in [5.74, 6) is -0.522. The molecule has 146 valence electrons. The van der Waals surface area contributed by atoms with Gasteiger partial charge in [-0.2, -0.15) is 18.3 Å². The molecule has 0 spiro atoms. The average Bonchev–Trinajstić information content (AvgIpc) is 2.93. The molecule has 28 heavy (non-hydrogen) atoms. The van der Waals surface area contributed by atoms with E-state index < -0.39 is 17.7 Å². The smallest absolute Gasteiger partial charge is 0.416 e. The zero-order valence-electron chi connectivity index (χ0n) is 15.1. The van der Waals surface area contributed by atoms with Crippen molar-refractivity contribution in [2.24, 2.45) is 5.10 Å². The number of benzene rings is 2. The summed E-state index contributed by atoms with van der Waals surface area (Å²) in [6.45, 7) is 1.38. The Morgan fingerprint density at radius 1 is 1.29 bits per heavy atom. The maximum absolute atomic E-state index is 13.1. The molecule has 0 saturated carbocycles. The van der Waals surface area contributed by atoms with E-state index >= 15 is 0 Å². The summed E-state index contributed by atoms with van der Waals surface area (Å²) in [4.78, 5) is 16.7. The number of aliphatic carboxylic acids is 1. The molecule has 0 aliphatic heterocycles. The number of carboxylic acids is 1. The maximum atomic E-state index is 13.1. The zero-order chi connectivity index (χ0) is 20.5. The molecule has 0 atom stereocenters. The molecule has 0 radical (unpaired) electrons. The Bertz CT molecular complexity index is 1060. The van der Waals surface area contributed by atoms with E-state index in [9.17, 15) is 18.0 Å². The monoisotopic (exact) mass is 390 g/mol. The number of rotatable bonds is 5. The Kier molecular flexibility index (Phi) is 5.08. The molecular weight excluding hydrogens is 373 g/mol. The highest BCUT2D eigenvalue weighted by atomic mass is 19.4. The van der Waals surface area contributed by atoms with E-state index in [1.807, 2.05) is 18.2 Å². The summed E-state index contributed by atoms with van der Waals surface area (Å²) in [5, 5.41) is 13.3. The second-order valence-corrected chi connectivity index (χ2v) is 6.23. The largest absolute Gasteiger partial charge is 0.480 e. The number of halogens is 3. The molecule has 2 aromatic carbocycles. The molecule has 1 aromatic heterocycles. The van der Waals surface area contributed by atoms with Gasteiger partial charge in [0.1, 0.15) is 12.4 Å². The number of aromatic nitrogens is 2. The minimum Gasteiger partial charge on any atom is -0.480 e. The third-order valence-electron chi connectivity index (χ3n) is 4.15. The molecule has 1 N–H and O–H groups in total. The van der Waals surface area contributed by atoms with Gasteiger partial charge in [-0.15, -0.1) is 0 Å². The molecule has 0 amide bonds. The highest BCUT2D eigenvalue weighted by molar-refractivity contribution is 5.90. The second-order valence-electron chi connectivity index (χ2n) is 6.23. The first kappa shape index (κ1) is 19.4. The summed E-state index contributed by atoms with van der Waals surface area (Å²) in [5.41, 5.74) is 1.05. The second kappa shape index (κ2) is 7.34. The molecule has 1 heterocycles. The van der Waals surface area contributed by atoms with Crippen LogP contribution < -0.4 is 4.90 Å². The summed E-state index contributed by atoms with van der Waals surface area (Å²) >= 11 is 0. The van der Waals surface area contributed by atoms with E-state index in [1.165, 1.54) is 28.9 Å². The van der Waals surface area contributed by atoms with E-state index in [2.05, 4.69) is 10.1 Å². The summed E-state index contributed by atoms with van der Waals surface area (Å²) in [7, 11) is 1.49. The van der Waals surface area contributed by atoms with Gasteiger partial charge in [-0.3, -0.25) is 4.79 Å². The summed E-state index contributed by atoms with van der Waals surface area (Å²) in [6, 6.07) is 10.4. The number of hydrogen-bond acceptors (Lipinski definition) is 4. The number of imidazole rings is 1. The van der Waals surface area contributed by atoms with Gasteiger partial charge in [0.2, 0.25) is 0 Å². The van der Waals surface area contributed by atoms with Crippen LogP contribution in [0.2, 0.25) is 0 Å². The summed E-state index contributed by atoms with van der Waals surface area (Å²) in [6.07, 6.45) is -3.24. The average molecular weight is 390 g/mol. The SMILES string of the molecule is Cc1nc2ccccc2n1N=Cc1cc(C(F)(F)F)ccc1N(C)CC(=O)O. The van der Waals surface area contributed by atoms with Crippen molar-refractivity contribution in [2.45, 2.75) is 13.1 Å². The first-order valence-corrected chi connectivity index (χ1v) is 8.29. The fourth-order valence-electron chi connectivity index (χ4n) is 2.87. The van der Waals surface area contributed by atoms with Crippen LogP contribution in [0.5, 0.6) is 0 Å². The first-order valence-electron chi connectivity index (χ1n) is 8.29. The standard InChI is InChI=1S/C19H17F3N4O2/c1-12-24-15-5-3-4-6-17(15)26(12)23-10-13-9-14(19(20,21)22)7-8-16(13)25(2)11-18(27)28/h3-10H,11H2,1-2H3,(H,27,28). The van der Waals surface area contributed by atoms with Gasteiger partial charge in [0.05, 0.1) is 22.8 Å². The normalized spacial score (nSPS) is 12.0. The summed E-state index contributed by atoms with van der Waals surface area (Å²) < 4.78 is 40.9. The highest BCUT2D eigenvalue weighted by Crippen LogP contribution is 2.32. The van der Waals surface area contributed by atoms with Crippen LogP contribution in [-0.2, 0) is 11.0 Å². The van der Waals surface area contributed by atoms with E-state index in [-0.39, 0.29) is 12.1 Å². The van der Waals surface area contributed by atoms with Crippen LogP contribution in [0.25, 0.3) is 11.0 Å². The van der Waals surface area contributed by atoms with Crippen molar-refractivity contribution >= 4 is 28.9 Å². The third kappa shape index (κ3) is 3.98. The van der Waals surface area contributed by atoms with Gasteiger partial charge in [-0.05, 0) is 37.3 Å². The molecule has 9 heteroatoms. The van der Waals surface area contributed by atoms with Gasteiger partial charge < -0.3 is 10.0 Å². The third-order valence-corrected chi connectivity index (χ3v) is 4.15. The maximum Gasteiger partial charge on any atom is 0.416 e. The lowest BCUT2D eigenvalue weighted by atomic mass is 10.1. The van der Waals surface area contributed by atoms with Crippen LogP contribution in [0.1, 0.15) is 17.0 Å². The molecule has 0 aliphatic carbocycles. The van der Waals surface area contributed by atoms with Crippen LogP contribution in [0.15, 0.2) is 47.6 Å². The van der Waals surface area contributed by atoms with E-state index in [4.69, 9.17) is 5.11 Å². The van der Waals surface area contributed by atoms with Crippen molar-refractivity contribution in [1.29, 1.82) is 0 Å². The highest BCUT2D eigenvalue weighted by Gasteiger charge is 2.31. The lowest BCUT2D eigenvalue weighted by Crippen LogP contribution is -2.26. The van der Waals surface area contributed by atoms with Crippen molar-refractivity contribution in [1.82, 2.24) is 9.66 Å². The molecule has 0 aliphatic rings. The lowest BCUT2D eigenvalue weighted by Gasteiger charge is -2.20. The number of carbonyl (C=O) groups is 1.